The Morgan fingerprint density at radius 1 is 0.591 bits per heavy atom. The largest absolute Gasteiger partial charge is 0.462 e. The van der Waals surface area contributed by atoms with Crippen LogP contribution in [-0.2, 0) is 14.3 Å². The number of rotatable bonds is 33. The monoisotopic (exact) mass is 620 g/mol. The van der Waals surface area contributed by atoms with E-state index in [-0.39, 0.29) is 11.9 Å². The van der Waals surface area contributed by atoms with Gasteiger partial charge in [0, 0.05) is 19.4 Å². The van der Waals surface area contributed by atoms with Crippen LogP contribution in [-0.4, -0.2) is 56.7 Å². The summed E-state index contributed by atoms with van der Waals surface area (Å²) in [5.74, 6) is 0.0475. The lowest BCUT2D eigenvalue weighted by molar-refractivity contribution is -0.883. The van der Waals surface area contributed by atoms with Crippen molar-refractivity contribution in [2.75, 3.05) is 40.3 Å². The van der Waals surface area contributed by atoms with Crippen molar-refractivity contribution >= 4 is 11.9 Å². The molecule has 0 aliphatic rings. The average Bonchev–Trinajstić information content (AvgIpc) is 2.99. The Morgan fingerprint density at radius 2 is 1.07 bits per heavy atom. The molecule has 258 valence electrons. The summed E-state index contributed by atoms with van der Waals surface area (Å²) in [6, 6.07) is 0. The van der Waals surface area contributed by atoms with E-state index in [1.165, 1.54) is 109 Å². The van der Waals surface area contributed by atoms with Gasteiger partial charge in [0.15, 0.2) is 6.54 Å². The van der Waals surface area contributed by atoms with Crippen LogP contribution in [0.1, 0.15) is 174 Å². The SMILES string of the molecule is CCCCC/C=C/C/C=C/CCCCCCCC(=O)NCCC[N+](C)(C)CC(=O)OCCCCCCCCCCCCCC. The second kappa shape index (κ2) is 32.8. The number of amides is 1. The van der Waals surface area contributed by atoms with Gasteiger partial charge in [-0.3, -0.25) is 4.79 Å². The van der Waals surface area contributed by atoms with Crippen LogP contribution in [0.5, 0.6) is 0 Å². The predicted molar refractivity (Wildman–Crippen MR) is 191 cm³/mol. The predicted octanol–water partition coefficient (Wildman–Crippen LogP) is 10.6. The summed E-state index contributed by atoms with van der Waals surface area (Å²) in [6.07, 6.45) is 39.5. The number of unbranched alkanes of at least 4 members (excludes halogenated alkanes) is 19. The Morgan fingerprint density at radius 3 is 1.66 bits per heavy atom. The first-order valence-electron chi connectivity index (χ1n) is 19.0. The van der Waals surface area contributed by atoms with Crippen molar-refractivity contribution in [1.82, 2.24) is 5.32 Å². The zero-order chi connectivity index (χ0) is 32.4. The summed E-state index contributed by atoms with van der Waals surface area (Å²) in [4.78, 5) is 24.5. The van der Waals surface area contributed by atoms with Crippen LogP contribution in [0.25, 0.3) is 0 Å². The minimum atomic E-state index is -0.108. The third-order valence-corrected chi connectivity index (χ3v) is 8.43. The van der Waals surface area contributed by atoms with Crippen molar-refractivity contribution in [2.45, 2.75) is 174 Å². The van der Waals surface area contributed by atoms with Crippen LogP contribution in [0.2, 0.25) is 0 Å². The normalized spacial score (nSPS) is 12.0. The molecule has 1 N–H and O–H groups in total. The lowest BCUT2D eigenvalue weighted by Gasteiger charge is -2.28. The first-order chi connectivity index (χ1) is 21.4. The van der Waals surface area contributed by atoms with Gasteiger partial charge in [0.1, 0.15) is 0 Å². The zero-order valence-electron chi connectivity index (χ0n) is 30.0. The van der Waals surface area contributed by atoms with E-state index in [9.17, 15) is 9.59 Å². The molecule has 5 heteroatoms. The highest BCUT2D eigenvalue weighted by molar-refractivity contribution is 5.75. The summed E-state index contributed by atoms with van der Waals surface area (Å²) in [5, 5.41) is 3.06. The summed E-state index contributed by atoms with van der Waals surface area (Å²) in [7, 11) is 4.13. The Kier molecular flexibility index (Phi) is 31.6. The molecule has 0 saturated carbocycles. The van der Waals surface area contributed by atoms with E-state index in [0.717, 1.165) is 51.5 Å². The van der Waals surface area contributed by atoms with Gasteiger partial charge in [0.2, 0.25) is 5.91 Å². The van der Waals surface area contributed by atoms with Crippen molar-refractivity contribution < 1.29 is 18.8 Å². The summed E-state index contributed by atoms with van der Waals surface area (Å²) < 4.78 is 6.10. The van der Waals surface area contributed by atoms with Crippen molar-refractivity contribution in [3.05, 3.63) is 24.3 Å². The van der Waals surface area contributed by atoms with Crippen LogP contribution in [0.15, 0.2) is 24.3 Å². The fraction of sp³-hybridized carbons (Fsp3) is 0.846. The Labute approximate surface area is 274 Å². The number of allylic oxidation sites excluding steroid dienone is 4. The van der Waals surface area contributed by atoms with Crippen molar-refractivity contribution in [2.24, 2.45) is 0 Å². The van der Waals surface area contributed by atoms with Gasteiger partial charge < -0.3 is 14.5 Å². The molecule has 44 heavy (non-hydrogen) atoms. The highest BCUT2D eigenvalue weighted by Crippen LogP contribution is 2.12. The molecule has 0 aromatic carbocycles. The molecule has 0 aliphatic heterocycles. The Bertz CT molecular complexity index is 701. The molecule has 0 saturated heterocycles. The highest BCUT2D eigenvalue weighted by atomic mass is 16.5. The number of hydrogen-bond donors (Lipinski definition) is 1. The number of quaternary nitrogens is 1. The standard InChI is InChI=1S/C39H74N2O3/c1-5-7-9-11-13-15-17-19-20-21-22-24-26-28-30-33-38(42)40-34-32-35-41(3,4)37-39(43)44-36-31-29-27-25-23-18-16-14-12-10-8-6-2/h13,15,19-20H,5-12,14,16-18,21-37H2,1-4H3/p+1/b15-13+,20-19+. The van der Waals surface area contributed by atoms with Crippen molar-refractivity contribution in [3.8, 4) is 0 Å². The quantitative estimate of drug-likeness (QED) is 0.0344. The topological polar surface area (TPSA) is 55.4 Å². The first kappa shape index (κ1) is 42.4. The highest BCUT2D eigenvalue weighted by Gasteiger charge is 2.20. The molecule has 0 fully saturated rings. The summed E-state index contributed by atoms with van der Waals surface area (Å²) >= 11 is 0. The molecule has 0 aliphatic carbocycles. The van der Waals surface area contributed by atoms with E-state index in [4.69, 9.17) is 4.74 Å². The van der Waals surface area contributed by atoms with E-state index in [2.05, 4.69) is 57.6 Å². The maximum absolute atomic E-state index is 12.3. The number of hydrogen-bond acceptors (Lipinski definition) is 3. The molecule has 0 atom stereocenters. The molecule has 0 bridgehead atoms. The second-order valence-electron chi connectivity index (χ2n) is 13.6. The van der Waals surface area contributed by atoms with Gasteiger partial charge in [0.25, 0.3) is 0 Å². The van der Waals surface area contributed by atoms with Gasteiger partial charge in [-0.2, -0.15) is 0 Å². The number of nitrogens with zero attached hydrogens (tertiary/aromatic N) is 1. The van der Waals surface area contributed by atoms with E-state index < -0.39 is 0 Å². The smallest absolute Gasteiger partial charge is 0.361 e. The van der Waals surface area contributed by atoms with Gasteiger partial charge in [-0.1, -0.05) is 141 Å². The van der Waals surface area contributed by atoms with Gasteiger partial charge in [0.05, 0.1) is 27.2 Å². The van der Waals surface area contributed by atoms with Crippen molar-refractivity contribution in [1.29, 1.82) is 0 Å². The molecule has 0 aromatic rings. The van der Waals surface area contributed by atoms with Gasteiger partial charge in [-0.15, -0.1) is 0 Å². The second-order valence-corrected chi connectivity index (χ2v) is 13.6. The van der Waals surface area contributed by atoms with E-state index >= 15 is 0 Å². The summed E-state index contributed by atoms with van der Waals surface area (Å²) in [6.45, 7) is 6.97. The third-order valence-electron chi connectivity index (χ3n) is 8.43. The summed E-state index contributed by atoms with van der Waals surface area (Å²) in [5.41, 5.74) is 0. The molecular formula is C39H75N2O3+. The number of esters is 1. The Balaban J connectivity index is 3.56. The third kappa shape index (κ3) is 33.3. The van der Waals surface area contributed by atoms with Crippen LogP contribution in [0, 0.1) is 0 Å². The molecule has 0 unspecified atom stereocenters. The Hall–Kier alpha value is -1.62. The molecular weight excluding hydrogens is 544 g/mol. The maximum atomic E-state index is 12.3. The number of carbonyl (C=O) groups is 2. The van der Waals surface area contributed by atoms with Gasteiger partial charge in [-0.05, 0) is 44.9 Å². The number of likely N-dealkylation sites (N-methyl/N-ethyl adjacent to an activating group) is 1. The number of carbonyl (C=O) groups excluding carboxylic acids is 2. The molecule has 0 spiro atoms. The molecule has 0 heterocycles. The first-order valence-corrected chi connectivity index (χ1v) is 19.0. The zero-order valence-corrected chi connectivity index (χ0v) is 30.0. The molecule has 0 rings (SSSR count). The maximum Gasteiger partial charge on any atom is 0.361 e. The number of ether oxygens (including phenoxy) is 1. The minimum absolute atomic E-state index is 0.108. The van der Waals surface area contributed by atoms with Gasteiger partial charge in [-0.25, -0.2) is 4.79 Å². The van der Waals surface area contributed by atoms with E-state index in [1.807, 2.05) is 0 Å². The van der Waals surface area contributed by atoms with Crippen LogP contribution < -0.4 is 5.32 Å². The number of nitrogens with one attached hydrogen (secondary N) is 1. The van der Waals surface area contributed by atoms with Gasteiger partial charge >= 0.3 is 5.97 Å². The van der Waals surface area contributed by atoms with Crippen molar-refractivity contribution in [3.63, 3.8) is 0 Å². The lowest BCUT2D eigenvalue weighted by atomic mass is 10.1. The van der Waals surface area contributed by atoms with E-state index in [1.54, 1.807) is 0 Å². The van der Waals surface area contributed by atoms with Crippen LogP contribution >= 0.6 is 0 Å². The fourth-order valence-electron chi connectivity index (χ4n) is 5.52. The van der Waals surface area contributed by atoms with Crippen LogP contribution in [0.4, 0.5) is 0 Å². The fourth-order valence-corrected chi connectivity index (χ4v) is 5.52. The average molecular weight is 620 g/mol. The lowest BCUT2D eigenvalue weighted by Crippen LogP contribution is -2.46. The molecule has 0 radical (unpaired) electrons. The minimum Gasteiger partial charge on any atom is -0.462 e. The molecule has 0 aromatic heterocycles. The molecule has 5 nitrogen and oxygen atoms in total. The van der Waals surface area contributed by atoms with E-state index in [0.29, 0.717) is 30.6 Å². The molecule has 1 amide bonds. The van der Waals surface area contributed by atoms with Crippen LogP contribution in [0.3, 0.4) is 0 Å².